The number of hydrogen-bond acceptors (Lipinski definition) is 3. The Balaban J connectivity index is 3.17. The molecule has 0 aliphatic rings. The van der Waals surface area contributed by atoms with Crippen LogP contribution in [0.3, 0.4) is 0 Å². The van der Waals surface area contributed by atoms with Crippen LogP contribution in [0.15, 0.2) is 12.3 Å². The summed E-state index contributed by atoms with van der Waals surface area (Å²) >= 11 is 2.04. The molecule has 0 amide bonds. The molecule has 0 fully saturated rings. The van der Waals surface area contributed by atoms with Gasteiger partial charge in [-0.1, -0.05) is 0 Å². The summed E-state index contributed by atoms with van der Waals surface area (Å²) in [4.78, 5) is 3.70. The molecule has 3 N–H and O–H groups in total. The van der Waals surface area contributed by atoms with E-state index in [0.29, 0.717) is 0 Å². The first-order valence-corrected chi connectivity index (χ1v) is 3.38. The molecule has 9 heavy (non-hydrogen) atoms. The SMILES string of the molecule is Nc1ncc(I)cc1O. The van der Waals surface area contributed by atoms with Crippen LogP contribution in [-0.2, 0) is 0 Å². The monoisotopic (exact) mass is 236 g/mol. The van der Waals surface area contributed by atoms with E-state index in [2.05, 4.69) is 4.98 Å². The van der Waals surface area contributed by atoms with E-state index in [4.69, 9.17) is 10.8 Å². The first kappa shape index (κ1) is 6.60. The maximum Gasteiger partial charge on any atom is 0.165 e. The molecule has 3 nitrogen and oxygen atoms in total. The highest BCUT2D eigenvalue weighted by atomic mass is 127. The lowest BCUT2D eigenvalue weighted by Gasteiger charge is -1.94. The zero-order valence-electron chi connectivity index (χ0n) is 4.50. The maximum atomic E-state index is 8.91. The second-order valence-electron chi connectivity index (χ2n) is 1.56. The maximum absolute atomic E-state index is 8.91. The molecule has 0 spiro atoms. The van der Waals surface area contributed by atoms with Gasteiger partial charge in [0.05, 0.1) is 0 Å². The predicted octanol–water partition coefficient (Wildman–Crippen LogP) is 0.974. The largest absolute Gasteiger partial charge is 0.504 e. The van der Waals surface area contributed by atoms with Crippen LogP contribution in [-0.4, -0.2) is 10.1 Å². The summed E-state index contributed by atoms with van der Waals surface area (Å²) in [5.41, 5.74) is 5.22. The van der Waals surface area contributed by atoms with Crippen molar-refractivity contribution in [2.75, 3.05) is 5.73 Å². The molecule has 0 bridgehead atoms. The minimum Gasteiger partial charge on any atom is -0.504 e. The number of rotatable bonds is 0. The Kier molecular flexibility index (Phi) is 1.75. The Morgan fingerprint density at radius 2 is 2.33 bits per heavy atom. The summed E-state index contributed by atoms with van der Waals surface area (Å²) < 4.78 is 0.874. The third kappa shape index (κ3) is 1.44. The van der Waals surface area contributed by atoms with E-state index in [1.807, 2.05) is 22.6 Å². The Morgan fingerprint density at radius 1 is 1.67 bits per heavy atom. The molecule has 1 aromatic heterocycles. The van der Waals surface area contributed by atoms with Gasteiger partial charge in [-0.3, -0.25) is 0 Å². The molecule has 0 saturated carbocycles. The molecular formula is C5H5IN2O. The van der Waals surface area contributed by atoms with Crippen molar-refractivity contribution in [3.63, 3.8) is 0 Å². The lowest BCUT2D eigenvalue weighted by atomic mass is 10.4. The summed E-state index contributed by atoms with van der Waals surface area (Å²) in [6.07, 6.45) is 1.59. The highest BCUT2D eigenvalue weighted by Gasteiger charge is 1.95. The first-order chi connectivity index (χ1) is 4.20. The van der Waals surface area contributed by atoms with E-state index in [1.54, 1.807) is 12.3 Å². The molecule has 1 heterocycles. The van der Waals surface area contributed by atoms with Gasteiger partial charge < -0.3 is 10.8 Å². The van der Waals surface area contributed by atoms with Crippen LogP contribution in [0.5, 0.6) is 5.75 Å². The second kappa shape index (κ2) is 2.38. The van der Waals surface area contributed by atoms with E-state index in [-0.39, 0.29) is 11.6 Å². The number of hydrogen-bond donors (Lipinski definition) is 2. The summed E-state index contributed by atoms with van der Waals surface area (Å²) in [5, 5.41) is 8.91. The minimum absolute atomic E-state index is 0.0434. The van der Waals surface area contributed by atoms with Crippen molar-refractivity contribution in [1.29, 1.82) is 0 Å². The normalized spacial score (nSPS) is 9.44. The summed E-state index contributed by atoms with van der Waals surface area (Å²) in [7, 11) is 0. The van der Waals surface area contributed by atoms with Gasteiger partial charge in [0.2, 0.25) is 0 Å². The topological polar surface area (TPSA) is 59.1 Å². The Bertz CT molecular complexity index is 226. The Labute approximate surface area is 66.0 Å². The second-order valence-corrected chi connectivity index (χ2v) is 2.80. The fourth-order valence-corrected chi connectivity index (χ4v) is 0.873. The van der Waals surface area contributed by atoms with Gasteiger partial charge in [-0.25, -0.2) is 4.98 Å². The van der Waals surface area contributed by atoms with Gasteiger partial charge in [-0.2, -0.15) is 0 Å². The van der Waals surface area contributed by atoms with Crippen molar-refractivity contribution in [3.05, 3.63) is 15.8 Å². The fourth-order valence-electron chi connectivity index (χ4n) is 0.439. The molecule has 0 aromatic carbocycles. The average molecular weight is 236 g/mol. The van der Waals surface area contributed by atoms with Crippen LogP contribution >= 0.6 is 22.6 Å². The first-order valence-electron chi connectivity index (χ1n) is 2.30. The fraction of sp³-hybridized carbons (Fsp3) is 0. The molecule has 0 unspecified atom stereocenters. The molecule has 0 atom stereocenters. The van der Waals surface area contributed by atoms with Crippen molar-refractivity contribution in [2.24, 2.45) is 0 Å². The van der Waals surface area contributed by atoms with Gasteiger partial charge >= 0.3 is 0 Å². The summed E-state index contributed by atoms with van der Waals surface area (Å²) in [5.74, 6) is 0.220. The van der Waals surface area contributed by atoms with Crippen molar-refractivity contribution in [3.8, 4) is 5.75 Å². The van der Waals surface area contributed by atoms with Crippen LogP contribution in [0.25, 0.3) is 0 Å². The van der Waals surface area contributed by atoms with Gasteiger partial charge in [0.15, 0.2) is 11.6 Å². The molecule has 0 aliphatic heterocycles. The number of nitrogen functional groups attached to an aromatic ring is 1. The lowest BCUT2D eigenvalue weighted by molar-refractivity contribution is 0.475. The van der Waals surface area contributed by atoms with Crippen molar-refractivity contribution < 1.29 is 5.11 Å². The van der Waals surface area contributed by atoms with E-state index >= 15 is 0 Å². The minimum atomic E-state index is 0.0434. The lowest BCUT2D eigenvalue weighted by Crippen LogP contribution is -1.89. The number of aromatic nitrogens is 1. The Hall–Kier alpha value is -0.520. The smallest absolute Gasteiger partial charge is 0.165 e. The van der Waals surface area contributed by atoms with Crippen LogP contribution in [0.4, 0.5) is 5.82 Å². The number of nitrogens with two attached hydrogens (primary N) is 1. The molecule has 48 valence electrons. The van der Waals surface area contributed by atoms with Crippen molar-refractivity contribution in [1.82, 2.24) is 4.98 Å². The van der Waals surface area contributed by atoms with Crippen LogP contribution in [0.1, 0.15) is 0 Å². The van der Waals surface area contributed by atoms with Gasteiger partial charge in [0, 0.05) is 9.77 Å². The van der Waals surface area contributed by atoms with Gasteiger partial charge in [0.1, 0.15) is 0 Å². The molecule has 1 aromatic rings. The number of halogens is 1. The van der Waals surface area contributed by atoms with E-state index in [1.165, 1.54) is 0 Å². The predicted molar refractivity (Wildman–Crippen MR) is 43.0 cm³/mol. The zero-order chi connectivity index (χ0) is 6.85. The van der Waals surface area contributed by atoms with Crippen LogP contribution in [0, 0.1) is 3.57 Å². The average Bonchev–Trinajstić information content (AvgIpc) is 1.80. The van der Waals surface area contributed by atoms with Gasteiger partial charge in [-0.15, -0.1) is 0 Å². The van der Waals surface area contributed by atoms with Crippen molar-refractivity contribution >= 4 is 28.4 Å². The number of aromatic hydroxyl groups is 1. The van der Waals surface area contributed by atoms with Crippen molar-refractivity contribution in [2.45, 2.75) is 0 Å². The van der Waals surface area contributed by atoms with Crippen LogP contribution < -0.4 is 5.73 Å². The third-order valence-electron chi connectivity index (χ3n) is 0.864. The highest BCUT2D eigenvalue weighted by molar-refractivity contribution is 14.1. The molecule has 1 rings (SSSR count). The van der Waals surface area contributed by atoms with E-state index in [9.17, 15) is 0 Å². The third-order valence-corrected chi connectivity index (χ3v) is 1.45. The number of anilines is 1. The highest BCUT2D eigenvalue weighted by Crippen LogP contribution is 2.17. The number of nitrogens with zero attached hydrogens (tertiary/aromatic N) is 1. The quantitative estimate of drug-likeness (QED) is 0.660. The molecule has 4 heteroatoms. The summed E-state index contributed by atoms with van der Waals surface area (Å²) in [6.45, 7) is 0. The Morgan fingerprint density at radius 3 is 2.78 bits per heavy atom. The van der Waals surface area contributed by atoms with Gasteiger partial charge in [0.25, 0.3) is 0 Å². The summed E-state index contributed by atoms with van der Waals surface area (Å²) in [6, 6.07) is 1.56. The van der Waals surface area contributed by atoms with Crippen LogP contribution in [0.2, 0.25) is 0 Å². The van der Waals surface area contributed by atoms with Gasteiger partial charge in [-0.05, 0) is 28.7 Å². The molecule has 0 aliphatic carbocycles. The number of pyridine rings is 1. The zero-order valence-corrected chi connectivity index (χ0v) is 6.66. The molecule has 0 saturated heterocycles. The molecule has 0 radical (unpaired) electrons. The standard InChI is InChI=1S/C5H5IN2O/c6-3-1-4(9)5(7)8-2-3/h1-2,9H,(H2,7,8). The van der Waals surface area contributed by atoms with E-state index in [0.717, 1.165) is 3.57 Å². The molecular weight excluding hydrogens is 231 g/mol. The van der Waals surface area contributed by atoms with E-state index < -0.39 is 0 Å².